The molecule has 11 heteroatoms. The quantitative estimate of drug-likeness (QED) is 0.193. The van der Waals surface area contributed by atoms with Crippen LogP contribution in [0.4, 0.5) is 8.78 Å². The average molecular weight is 724 g/mol. The molecule has 0 N–H and O–H groups in total. The third-order valence-corrected chi connectivity index (χ3v) is 10.5. The zero-order chi connectivity index (χ0) is 31.6. The Hall–Kier alpha value is -2.09. The highest BCUT2D eigenvalue weighted by atomic mass is 127. The molecule has 0 aliphatic carbocycles. The second kappa shape index (κ2) is 14.1. The van der Waals surface area contributed by atoms with Gasteiger partial charge < -0.3 is 14.5 Å². The summed E-state index contributed by atoms with van der Waals surface area (Å²) in [5.41, 5.74) is 3.34. The minimum atomic E-state index is -3.05. The Morgan fingerprint density at radius 1 is 1.16 bits per heavy atom. The van der Waals surface area contributed by atoms with Crippen LogP contribution in [0.5, 0.6) is 0 Å². The van der Waals surface area contributed by atoms with E-state index in [0.29, 0.717) is 23.8 Å². The maximum Gasteiger partial charge on any atom is 0.338 e. The SMILES string of the molecule is C=CC(C)N1CCN(C2CN(C3=N/C(C(F)(F)I)=C/C=C/C(N4CCC(c5c(C)cnn5CC(C)OC)CC4)=C\3)C2C)CC1. The molecule has 1 aromatic heterocycles. The van der Waals surface area contributed by atoms with Crippen molar-refractivity contribution in [2.45, 2.75) is 81.2 Å². The number of piperazine rings is 1. The fourth-order valence-electron chi connectivity index (χ4n) is 6.95. The molecule has 1 aromatic rings. The number of alkyl halides is 3. The number of hydrogen-bond acceptors (Lipinski definition) is 7. The highest BCUT2D eigenvalue weighted by Crippen LogP contribution is 2.36. The molecule has 5 rings (SSSR count). The number of likely N-dealkylation sites (tertiary alicyclic amines) is 2. The number of amidine groups is 1. The van der Waals surface area contributed by atoms with Crippen LogP contribution in [0.15, 0.2) is 59.5 Å². The smallest absolute Gasteiger partial charge is 0.338 e. The Kier molecular flexibility index (Phi) is 10.7. The highest BCUT2D eigenvalue weighted by molar-refractivity contribution is 14.1. The minimum Gasteiger partial charge on any atom is -0.380 e. The summed E-state index contributed by atoms with van der Waals surface area (Å²) < 4.78 is 33.7. The van der Waals surface area contributed by atoms with Crippen molar-refractivity contribution < 1.29 is 13.5 Å². The molecule has 0 aromatic carbocycles. The molecule has 4 aliphatic heterocycles. The number of rotatable bonds is 9. The molecule has 5 heterocycles. The van der Waals surface area contributed by atoms with Crippen molar-refractivity contribution >= 4 is 28.4 Å². The molecule has 0 saturated carbocycles. The van der Waals surface area contributed by atoms with Crippen molar-refractivity contribution in [3.05, 3.63) is 65.8 Å². The first kappa shape index (κ1) is 33.3. The van der Waals surface area contributed by atoms with Crippen molar-refractivity contribution in [1.82, 2.24) is 29.4 Å². The lowest BCUT2D eigenvalue weighted by atomic mass is 9.91. The number of aryl methyl sites for hydroxylation is 1. The van der Waals surface area contributed by atoms with E-state index in [2.05, 4.69) is 68.6 Å². The molecule has 0 radical (unpaired) electrons. The van der Waals surface area contributed by atoms with Crippen LogP contribution >= 0.6 is 22.6 Å². The van der Waals surface area contributed by atoms with Gasteiger partial charge >= 0.3 is 3.93 Å². The molecule has 4 aliphatic rings. The fourth-order valence-corrected chi connectivity index (χ4v) is 7.25. The first-order chi connectivity index (χ1) is 21.0. The van der Waals surface area contributed by atoms with E-state index in [4.69, 9.17) is 4.74 Å². The Bertz CT molecular complexity index is 1290. The molecule has 3 saturated heterocycles. The van der Waals surface area contributed by atoms with Crippen LogP contribution in [-0.2, 0) is 11.3 Å². The lowest BCUT2D eigenvalue weighted by Crippen LogP contribution is -2.69. The molecule has 8 nitrogen and oxygen atoms in total. The molecule has 4 atom stereocenters. The van der Waals surface area contributed by atoms with Gasteiger partial charge in [0.1, 0.15) is 11.5 Å². The van der Waals surface area contributed by atoms with E-state index in [1.165, 1.54) is 39.9 Å². The number of ether oxygens (including phenoxy) is 1. The molecule has 3 fully saturated rings. The maximum absolute atomic E-state index is 14.6. The molecule has 0 bridgehead atoms. The van der Waals surface area contributed by atoms with Crippen LogP contribution < -0.4 is 0 Å². The molecular weight excluding hydrogens is 675 g/mol. The van der Waals surface area contributed by atoms with Crippen molar-refractivity contribution in [2.75, 3.05) is 52.9 Å². The lowest BCUT2D eigenvalue weighted by Gasteiger charge is -2.54. The number of allylic oxidation sites excluding steroid dienone is 4. The van der Waals surface area contributed by atoms with Crippen LogP contribution in [0.2, 0.25) is 0 Å². The number of aliphatic imine (C=N–C) groups is 1. The standard InChI is InChI=1S/C33H48F2IN7O/c1-7-24(3)39-15-17-41(18-16-39)29-22-42(26(29)5)31-19-28(9-8-10-30(38-31)33(34,35)36)40-13-11-27(12-14-40)32-23(2)20-37-43(32)21-25(4)44-6/h7-10,19-20,24-27,29H,1,11-18,21-22H2,2-6H3/b9-8+,10-8?,28-9?,28-19+,30-10+,31-19?,38-30?,38-31+. The number of nitrogens with zero attached hydrogens (tertiary/aromatic N) is 7. The Labute approximate surface area is 275 Å². The summed E-state index contributed by atoms with van der Waals surface area (Å²) in [6, 6.07) is 0.948. The van der Waals surface area contributed by atoms with Crippen LogP contribution in [0.25, 0.3) is 0 Å². The third-order valence-electron chi connectivity index (χ3n) is 9.94. The van der Waals surface area contributed by atoms with Gasteiger partial charge in [-0.05, 0) is 58.3 Å². The minimum absolute atomic E-state index is 0.0954. The van der Waals surface area contributed by atoms with E-state index in [-0.39, 0.29) is 17.8 Å². The maximum atomic E-state index is 14.6. The summed E-state index contributed by atoms with van der Waals surface area (Å²) in [7, 11) is 1.74. The predicted molar refractivity (Wildman–Crippen MR) is 181 cm³/mol. The molecule has 0 spiro atoms. The average Bonchev–Trinajstić information content (AvgIpc) is 3.35. The molecule has 4 unspecified atom stereocenters. The van der Waals surface area contributed by atoms with Gasteiger partial charge in [-0.15, -0.1) is 6.58 Å². The van der Waals surface area contributed by atoms with Gasteiger partial charge in [0, 0.05) is 117 Å². The van der Waals surface area contributed by atoms with E-state index in [1.807, 2.05) is 24.4 Å². The van der Waals surface area contributed by atoms with Crippen LogP contribution in [0, 0.1) is 6.92 Å². The number of halogens is 3. The molecule has 44 heavy (non-hydrogen) atoms. The van der Waals surface area contributed by atoms with E-state index < -0.39 is 3.93 Å². The fraction of sp³-hybridized carbons (Fsp3) is 0.636. The van der Waals surface area contributed by atoms with Crippen LogP contribution in [-0.4, -0.2) is 116 Å². The summed E-state index contributed by atoms with van der Waals surface area (Å²) in [4.78, 5) is 14.2. The molecule has 0 amide bonds. The summed E-state index contributed by atoms with van der Waals surface area (Å²) in [6.45, 7) is 19.9. The number of piperidine rings is 1. The van der Waals surface area contributed by atoms with Crippen molar-refractivity contribution in [3.8, 4) is 0 Å². The summed E-state index contributed by atoms with van der Waals surface area (Å²) in [5.74, 6) is 1.04. The van der Waals surface area contributed by atoms with Gasteiger partial charge in [0.25, 0.3) is 0 Å². The Balaban J connectivity index is 1.29. The Morgan fingerprint density at radius 2 is 1.86 bits per heavy atom. The second-order valence-electron chi connectivity index (χ2n) is 12.7. The lowest BCUT2D eigenvalue weighted by molar-refractivity contribution is -0.00502. The molecular formula is C33H48F2IN7O. The van der Waals surface area contributed by atoms with Gasteiger partial charge in [-0.1, -0.05) is 12.2 Å². The molecule has 242 valence electrons. The monoisotopic (exact) mass is 723 g/mol. The normalized spacial score (nSPS) is 30.1. The van der Waals surface area contributed by atoms with E-state index >= 15 is 0 Å². The topological polar surface area (TPSA) is 52.4 Å². The summed E-state index contributed by atoms with van der Waals surface area (Å²) in [6.07, 6.45) is 13.2. The second-order valence-corrected chi connectivity index (χ2v) is 14.0. The van der Waals surface area contributed by atoms with Gasteiger partial charge in [0.15, 0.2) is 0 Å². The van der Waals surface area contributed by atoms with E-state index in [1.54, 1.807) is 13.2 Å². The van der Waals surface area contributed by atoms with Crippen molar-refractivity contribution in [1.29, 1.82) is 0 Å². The van der Waals surface area contributed by atoms with Crippen molar-refractivity contribution in [3.63, 3.8) is 0 Å². The van der Waals surface area contributed by atoms with Crippen LogP contribution in [0.1, 0.15) is 50.8 Å². The van der Waals surface area contributed by atoms with E-state index in [0.717, 1.165) is 70.9 Å². The summed E-state index contributed by atoms with van der Waals surface area (Å²) >= 11 is 1.19. The van der Waals surface area contributed by atoms with Gasteiger partial charge in [0.05, 0.1) is 18.8 Å². The van der Waals surface area contributed by atoms with Crippen LogP contribution in [0.3, 0.4) is 0 Å². The van der Waals surface area contributed by atoms with E-state index in [9.17, 15) is 8.78 Å². The third kappa shape index (κ3) is 7.31. The van der Waals surface area contributed by atoms with Crippen molar-refractivity contribution in [2.24, 2.45) is 4.99 Å². The largest absolute Gasteiger partial charge is 0.380 e. The number of hydrogen-bond donors (Lipinski definition) is 0. The zero-order valence-corrected chi connectivity index (χ0v) is 29.0. The zero-order valence-electron chi connectivity index (χ0n) is 26.8. The first-order valence-electron chi connectivity index (χ1n) is 15.9. The number of methoxy groups -OCH3 is 1. The van der Waals surface area contributed by atoms with Gasteiger partial charge in [-0.3, -0.25) is 14.5 Å². The van der Waals surface area contributed by atoms with Gasteiger partial charge in [-0.25, -0.2) is 4.99 Å². The predicted octanol–water partition coefficient (Wildman–Crippen LogP) is 5.43. The number of aromatic nitrogens is 2. The summed E-state index contributed by atoms with van der Waals surface area (Å²) in [5, 5.41) is 4.65. The Morgan fingerprint density at radius 3 is 2.48 bits per heavy atom. The van der Waals surface area contributed by atoms with Gasteiger partial charge in [0.2, 0.25) is 0 Å². The highest BCUT2D eigenvalue weighted by Gasteiger charge is 2.42. The first-order valence-corrected chi connectivity index (χ1v) is 17.0. The van der Waals surface area contributed by atoms with Gasteiger partial charge in [-0.2, -0.15) is 13.9 Å².